The van der Waals surface area contributed by atoms with E-state index >= 15 is 0 Å². The van der Waals surface area contributed by atoms with E-state index in [-0.39, 0.29) is 29.3 Å². The first-order valence-electron chi connectivity index (χ1n) is 7.80. The van der Waals surface area contributed by atoms with Crippen molar-refractivity contribution >= 4 is 28.3 Å². The van der Waals surface area contributed by atoms with Gasteiger partial charge in [-0.25, -0.2) is 13.1 Å². The zero-order chi connectivity index (χ0) is 17.7. The molecule has 138 valence electrons. The largest absolute Gasteiger partial charge is 0.349 e. The lowest BCUT2D eigenvalue weighted by atomic mass is 9.81. The van der Waals surface area contributed by atoms with Gasteiger partial charge < -0.3 is 11.1 Å². The van der Waals surface area contributed by atoms with E-state index in [1.54, 1.807) is 12.1 Å². The molecule has 6 nitrogen and oxygen atoms in total. The van der Waals surface area contributed by atoms with Crippen LogP contribution in [-0.2, 0) is 14.8 Å². The molecule has 1 atom stereocenters. The molecule has 0 saturated carbocycles. The van der Waals surface area contributed by atoms with Crippen LogP contribution in [0.5, 0.6) is 0 Å². The van der Waals surface area contributed by atoms with Gasteiger partial charge in [0.25, 0.3) is 0 Å². The van der Waals surface area contributed by atoms with Crippen molar-refractivity contribution in [3.63, 3.8) is 0 Å². The number of nitrogens with two attached hydrogens (primary N) is 1. The van der Waals surface area contributed by atoms with Crippen LogP contribution >= 0.6 is 12.4 Å². The van der Waals surface area contributed by atoms with Gasteiger partial charge in [0.2, 0.25) is 15.9 Å². The van der Waals surface area contributed by atoms with Crippen molar-refractivity contribution in [3.8, 4) is 0 Å². The van der Waals surface area contributed by atoms with E-state index in [1.165, 1.54) is 19.2 Å². The third-order valence-corrected chi connectivity index (χ3v) is 5.96. The van der Waals surface area contributed by atoms with Crippen molar-refractivity contribution < 1.29 is 13.2 Å². The Labute approximate surface area is 151 Å². The number of sulfonamides is 1. The Hall–Kier alpha value is -1.15. The average molecular weight is 378 g/mol. The summed E-state index contributed by atoms with van der Waals surface area (Å²) in [5.41, 5.74) is 6.08. The second-order valence-electron chi connectivity index (χ2n) is 5.66. The number of halogens is 1. The van der Waals surface area contributed by atoms with Gasteiger partial charge in [0.05, 0.1) is 16.4 Å². The number of amides is 1. The average Bonchev–Trinajstić information content (AvgIpc) is 2.57. The Bertz CT molecular complexity index is 620. The van der Waals surface area contributed by atoms with Gasteiger partial charge in [-0.05, 0) is 44.5 Å². The molecule has 1 aromatic carbocycles. The molecule has 1 amide bonds. The molecule has 0 fully saturated rings. The predicted molar refractivity (Wildman–Crippen MR) is 98.6 cm³/mol. The van der Waals surface area contributed by atoms with Gasteiger partial charge in [-0.3, -0.25) is 4.79 Å². The zero-order valence-corrected chi connectivity index (χ0v) is 16.3. The number of nitrogens with one attached hydrogen (secondary N) is 2. The molecule has 0 aromatic heterocycles. The maximum absolute atomic E-state index is 12.5. The number of carbonyl (C=O) groups excluding carboxylic acids is 1. The minimum atomic E-state index is -3.45. The molecular formula is C16H28ClN3O3S. The fourth-order valence-corrected chi connectivity index (χ4v) is 3.17. The molecule has 0 saturated heterocycles. The van der Waals surface area contributed by atoms with Crippen LogP contribution < -0.4 is 15.8 Å². The molecule has 8 heteroatoms. The molecule has 0 spiro atoms. The molecule has 1 rings (SSSR count). The van der Waals surface area contributed by atoms with E-state index in [4.69, 9.17) is 5.73 Å². The Kier molecular flexibility index (Phi) is 8.91. The standard InChI is InChI=1S/C16H27N3O3S.ClH/c1-5-16(6-2,11-17)15(20)19-12(3)13-7-9-14(10-8-13)23(21,22)18-4;/h7-10,12,18H,5-6,11,17H2,1-4H3,(H,19,20);1H. The Morgan fingerprint density at radius 1 is 1.21 bits per heavy atom. The third kappa shape index (κ3) is 4.92. The second-order valence-corrected chi connectivity index (χ2v) is 7.55. The number of benzene rings is 1. The lowest BCUT2D eigenvalue weighted by molar-refractivity contribution is -0.131. The van der Waals surface area contributed by atoms with Crippen molar-refractivity contribution in [2.24, 2.45) is 11.1 Å². The van der Waals surface area contributed by atoms with Crippen molar-refractivity contribution in [1.82, 2.24) is 10.0 Å². The molecule has 0 aliphatic heterocycles. The highest BCUT2D eigenvalue weighted by Gasteiger charge is 2.34. The van der Waals surface area contributed by atoms with Gasteiger partial charge in [-0.1, -0.05) is 26.0 Å². The minimum absolute atomic E-state index is 0. The van der Waals surface area contributed by atoms with E-state index < -0.39 is 15.4 Å². The molecule has 1 unspecified atom stereocenters. The minimum Gasteiger partial charge on any atom is -0.349 e. The van der Waals surface area contributed by atoms with Crippen molar-refractivity contribution in [2.45, 2.75) is 44.6 Å². The van der Waals surface area contributed by atoms with Crippen molar-refractivity contribution in [1.29, 1.82) is 0 Å². The highest BCUT2D eigenvalue weighted by molar-refractivity contribution is 7.89. The summed E-state index contributed by atoms with van der Waals surface area (Å²) in [5, 5.41) is 2.98. The molecule has 0 radical (unpaired) electrons. The van der Waals surface area contributed by atoms with E-state index in [0.717, 1.165) is 5.56 Å². The van der Waals surface area contributed by atoms with Crippen molar-refractivity contribution in [2.75, 3.05) is 13.6 Å². The Balaban J connectivity index is 0.00000529. The molecule has 24 heavy (non-hydrogen) atoms. The molecule has 0 bridgehead atoms. The monoisotopic (exact) mass is 377 g/mol. The molecule has 1 aromatic rings. The number of hydrogen-bond acceptors (Lipinski definition) is 4. The summed E-state index contributed by atoms with van der Waals surface area (Å²) >= 11 is 0. The van der Waals surface area contributed by atoms with Gasteiger partial charge in [0, 0.05) is 6.54 Å². The Morgan fingerprint density at radius 2 is 1.71 bits per heavy atom. The maximum atomic E-state index is 12.5. The first kappa shape index (κ1) is 22.9. The predicted octanol–water partition coefficient (Wildman–Crippen LogP) is 1.96. The first-order valence-corrected chi connectivity index (χ1v) is 9.29. The Morgan fingerprint density at radius 3 is 2.08 bits per heavy atom. The molecular weight excluding hydrogens is 350 g/mol. The van der Waals surface area contributed by atoms with Gasteiger partial charge in [-0.2, -0.15) is 0 Å². The van der Waals surface area contributed by atoms with E-state index in [1.807, 2.05) is 20.8 Å². The molecule has 4 N–H and O–H groups in total. The summed E-state index contributed by atoms with van der Waals surface area (Å²) < 4.78 is 25.7. The fraction of sp³-hybridized carbons (Fsp3) is 0.562. The first-order chi connectivity index (χ1) is 10.8. The summed E-state index contributed by atoms with van der Waals surface area (Å²) in [7, 11) is -2.08. The van der Waals surface area contributed by atoms with Crippen LogP contribution in [-0.4, -0.2) is 27.9 Å². The number of rotatable bonds is 8. The van der Waals surface area contributed by atoms with Crippen LogP contribution in [0.1, 0.15) is 45.2 Å². The van der Waals surface area contributed by atoms with Gasteiger partial charge in [0.15, 0.2) is 0 Å². The van der Waals surface area contributed by atoms with Gasteiger partial charge in [0.1, 0.15) is 0 Å². The van der Waals surface area contributed by atoms with Crippen LogP contribution in [0.3, 0.4) is 0 Å². The SMILES string of the molecule is CCC(CC)(CN)C(=O)NC(C)c1ccc(S(=O)(=O)NC)cc1.Cl. The van der Waals surface area contributed by atoms with E-state index in [0.29, 0.717) is 19.4 Å². The topological polar surface area (TPSA) is 101 Å². The molecule has 0 heterocycles. The second kappa shape index (κ2) is 9.36. The quantitative estimate of drug-likeness (QED) is 0.644. The highest BCUT2D eigenvalue weighted by atomic mass is 35.5. The van der Waals surface area contributed by atoms with Crippen LogP contribution in [0.15, 0.2) is 29.2 Å². The summed E-state index contributed by atoms with van der Waals surface area (Å²) in [5.74, 6) is -0.0653. The number of carbonyl (C=O) groups is 1. The summed E-state index contributed by atoms with van der Waals surface area (Å²) in [6.07, 6.45) is 1.36. The van der Waals surface area contributed by atoms with Crippen LogP contribution in [0.25, 0.3) is 0 Å². The van der Waals surface area contributed by atoms with Crippen LogP contribution in [0, 0.1) is 5.41 Å². The normalized spacial score (nSPS) is 13.0. The summed E-state index contributed by atoms with van der Waals surface area (Å²) in [6.45, 7) is 6.08. The smallest absolute Gasteiger partial charge is 0.240 e. The summed E-state index contributed by atoms with van der Waals surface area (Å²) in [6, 6.07) is 6.24. The zero-order valence-electron chi connectivity index (χ0n) is 14.6. The van der Waals surface area contributed by atoms with Gasteiger partial charge >= 0.3 is 0 Å². The highest BCUT2D eigenvalue weighted by Crippen LogP contribution is 2.26. The third-order valence-electron chi connectivity index (χ3n) is 4.53. The maximum Gasteiger partial charge on any atom is 0.240 e. The van der Waals surface area contributed by atoms with Crippen LogP contribution in [0.4, 0.5) is 0 Å². The van der Waals surface area contributed by atoms with Gasteiger partial charge in [-0.15, -0.1) is 12.4 Å². The van der Waals surface area contributed by atoms with Crippen molar-refractivity contribution in [3.05, 3.63) is 29.8 Å². The van der Waals surface area contributed by atoms with E-state index in [2.05, 4.69) is 10.0 Å². The fourth-order valence-electron chi connectivity index (χ4n) is 2.44. The van der Waals surface area contributed by atoms with Crippen LogP contribution in [0.2, 0.25) is 0 Å². The molecule has 0 aliphatic rings. The summed E-state index contributed by atoms with van der Waals surface area (Å²) in [4.78, 5) is 12.7. The lowest BCUT2D eigenvalue weighted by Crippen LogP contribution is -2.46. The van der Waals surface area contributed by atoms with E-state index in [9.17, 15) is 13.2 Å². The lowest BCUT2D eigenvalue weighted by Gasteiger charge is -2.30. The number of hydrogen-bond donors (Lipinski definition) is 3. The molecule has 0 aliphatic carbocycles.